The molecule has 5 aromatic rings. The lowest BCUT2D eigenvalue weighted by Gasteiger charge is -2.26. The van der Waals surface area contributed by atoms with Crippen LogP contribution in [0.1, 0.15) is 67.3 Å². The highest BCUT2D eigenvalue weighted by molar-refractivity contribution is 5.84. The van der Waals surface area contributed by atoms with E-state index in [1.165, 1.54) is 36.8 Å². The van der Waals surface area contributed by atoms with Crippen molar-refractivity contribution in [2.45, 2.75) is 52.4 Å². The van der Waals surface area contributed by atoms with Gasteiger partial charge in [0.15, 0.2) is 0 Å². The number of aryl methyl sites for hydroxylation is 2. The summed E-state index contributed by atoms with van der Waals surface area (Å²) < 4.78 is 0. The number of anilines is 3. The molecular weight excluding hydrogens is 514 g/mol. The van der Waals surface area contributed by atoms with Gasteiger partial charge in [-0.15, -0.1) is 0 Å². The second-order valence-corrected chi connectivity index (χ2v) is 10.8. The third-order valence-electron chi connectivity index (χ3n) is 7.64. The normalized spacial score (nSPS) is 11.2. The summed E-state index contributed by atoms with van der Waals surface area (Å²) in [5.74, 6) is 0. The first kappa shape index (κ1) is 28.6. The minimum Gasteiger partial charge on any atom is -0.321 e. The molecule has 0 unspecified atom stereocenters. The van der Waals surface area contributed by atoms with Gasteiger partial charge in [-0.2, -0.15) is 5.26 Å². The Bertz CT molecular complexity index is 1700. The number of nitrogens with one attached hydrogen (secondary N) is 1. The third-order valence-corrected chi connectivity index (χ3v) is 7.64. The minimum atomic E-state index is -0.363. The van der Waals surface area contributed by atoms with Crippen LogP contribution in [0.5, 0.6) is 0 Å². The summed E-state index contributed by atoms with van der Waals surface area (Å²) in [4.78, 5) is 17.2. The number of aromatic amines is 1. The number of hydrogen-bond acceptors (Lipinski definition) is 3. The van der Waals surface area contributed by atoms with Crippen LogP contribution in [-0.4, -0.2) is 4.98 Å². The monoisotopic (exact) mass is 551 g/mol. The van der Waals surface area contributed by atoms with Crippen LogP contribution < -0.4 is 10.5 Å². The fraction of sp³-hybridized carbons (Fsp3) is 0.211. The van der Waals surface area contributed by atoms with E-state index in [0.717, 1.165) is 46.4 Å². The lowest BCUT2D eigenvalue weighted by atomic mass is 10.1. The fourth-order valence-electron chi connectivity index (χ4n) is 5.16. The SMILES string of the molecule is CCCCc1ccc(N(c2ccc(/C=C/c3ccc4cc(C#N)c(=O)[nH]c4c3)cc2)c2ccc(CCCC)cc2)cc1. The Labute approximate surface area is 248 Å². The molecule has 5 rings (SSSR count). The number of nitrogens with zero attached hydrogens (tertiary/aromatic N) is 2. The second-order valence-electron chi connectivity index (χ2n) is 10.8. The summed E-state index contributed by atoms with van der Waals surface area (Å²) >= 11 is 0. The summed E-state index contributed by atoms with van der Waals surface area (Å²) in [5, 5.41) is 9.96. The zero-order chi connectivity index (χ0) is 29.3. The molecule has 0 radical (unpaired) electrons. The molecule has 1 aromatic heterocycles. The van der Waals surface area contributed by atoms with Gasteiger partial charge in [0, 0.05) is 22.6 Å². The molecule has 4 aromatic carbocycles. The highest BCUT2D eigenvalue weighted by atomic mass is 16.1. The lowest BCUT2D eigenvalue weighted by Crippen LogP contribution is -2.10. The Balaban J connectivity index is 1.41. The molecule has 0 atom stereocenters. The molecule has 0 aliphatic rings. The number of benzene rings is 4. The molecule has 4 heteroatoms. The van der Waals surface area contributed by atoms with Crippen molar-refractivity contribution in [3.8, 4) is 6.07 Å². The number of pyridine rings is 1. The molecule has 0 aliphatic heterocycles. The highest BCUT2D eigenvalue weighted by Gasteiger charge is 2.13. The van der Waals surface area contributed by atoms with Crippen molar-refractivity contribution >= 4 is 40.1 Å². The van der Waals surface area contributed by atoms with E-state index in [1.807, 2.05) is 30.3 Å². The first-order valence-corrected chi connectivity index (χ1v) is 14.9. The Kier molecular flexibility index (Phi) is 9.31. The van der Waals surface area contributed by atoms with Crippen molar-refractivity contribution < 1.29 is 0 Å². The molecule has 4 nitrogen and oxygen atoms in total. The van der Waals surface area contributed by atoms with Crippen molar-refractivity contribution in [3.05, 3.63) is 135 Å². The maximum absolute atomic E-state index is 12.1. The molecule has 0 amide bonds. The van der Waals surface area contributed by atoms with Crippen molar-refractivity contribution in [1.29, 1.82) is 5.26 Å². The predicted octanol–water partition coefficient (Wildman–Crippen LogP) is 9.73. The van der Waals surface area contributed by atoms with Gasteiger partial charge >= 0.3 is 0 Å². The van der Waals surface area contributed by atoms with Crippen LogP contribution in [0.3, 0.4) is 0 Å². The summed E-state index contributed by atoms with van der Waals surface area (Å²) in [6.45, 7) is 4.46. The number of fused-ring (bicyclic) bond motifs is 1. The summed E-state index contributed by atoms with van der Waals surface area (Å²) in [7, 11) is 0. The Morgan fingerprint density at radius 3 is 1.71 bits per heavy atom. The molecule has 1 N–H and O–H groups in total. The smallest absolute Gasteiger partial charge is 0.266 e. The van der Waals surface area contributed by atoms with E-state index < -0.39 is 0 Å². The summed E-state index contributed by atoms with van der Waals surface area (Å²) in [5.41, 5.74) is 8.67. The van der Waals surface area contributed by atoms with Crippen LogP contribution in [0, 0.1) is 11.3 Å². The van der Waals surface area contributed by atoms with Gasteiger partial charge < -0.3 is 9.88 Å². The van der Waals surface area contributed by atoms with Gasteiger partial charge in [0.1, 0.15) is 11.6 Å². The molecule has 0 saturated heterocycles. The van der Waals surface area contributed by atoms with Gasteiger partial charge in [0.25, 0.3) is 5.56 Å². The lowest BCUT2D eigenvalue weighted by molar-refractivity contribution is 0.795. The number of H-pyrrole nitrogens is 1. The van der Waals surface area contributed by atoms with Crippen LogP contribution in [-0.2, 0) is 12.8 Å². The van der Waals surface area contributed by atoms with E-state index in [-0.39, 0.29) is 11.1 Å². The fourth-order valence-corrected chi connectivity index (χ4v) is 5.16. The van der Waals surface area contributed by atoms with E-state index in [0.29, 0.717) is 5.52 Å². The minimum absolute atomic E-state index is 0.125. The van der Waals surface area contributed by atoms with Crippen molar-refractivity contribution in [1.82, 2.24) is 4.98 Å². The average molecular weight is 552 g/mol. The molecule has 210 valence electrons. The number of hydrogen-bond donors (Lipinski definition) is 1. The number of rotatable bonds is 11. The van der Waals surface area contributed by atoms with Crippen LogP contribution >= 0.6 is 0 Å². The quantitative estimate of drug-likeness (QED) is 0.166. The predicted molar refractivity (Wildman–Crippen MR) is 177 cm³/mol. The molecule has 0 bridgehead atoms. The Morgan fingerprint density at radius 2 is 1.19 bits per heavy atom. The maximum Gasteiger partial charge on any atom is 0.266 e. The van der Waals surface area contributed by atoms with E-state index in [2.05, 4.69) is 103 Å². The molecule has 0 fully saturated rings. The van der Waals surface area contributed by atoms with Crippen molar-refractivity contribution in [2.24, 2.45) is 0 Å². The number of unbranched alkanes of at least 4 members (excludes halogenated alkanes) is 2. The topological polar surface area (TPSA) is 59.9 Å². The molecule has 1 heterocycles. The van der Waals surface area contributed by atoms with Crippen LogP contribution in [0.4, 0.5) is 17.1 Å². The first-order chi connectivity index (χ1) is 20.6. The molecule has 0 spiro atoms. The van der Waals surface area contributed by atoms with Crippen molar-refractivity contribution in [3.63, 3.8) is 0 Å². The number of nitriles is 1. The maximum atomic E-state index is 12.1. The van der Waals surface area contributed by atoms with Gasteiger partial charge in [0.2, 0.25) is 0 Å². The Morgan fingerprint density at radius 1 is 0.690 bits per heavy atom. The molecular formula is C38H37N3O. The summed E-state index contributed by atoms with van der Waals surface area (Å²) in [6.07, 6.45) is 11.1. The van der Waals surface area contributed by atoms with Gasteiger partial charge in [-0.1, -0.05) is 87.4 Å². The van der Waals surface area contributed by atoms with Gasteiger partial charge in [0.05, 0.1) is 0 Å². The standard InChI is InChI=1S/C38H37N3O/c1-3-5-7-28-12-19-34(20-13-28)41(35-21-14-29(15-22-35)8-6-4-2)36-23-16-30(17-24-36)9-10-31-11-18-32-26-33(27-39)38(42)40-37(32)25-31/h9-26H,3-8H2,1-2H3,(H,40,42)/b10-9+. The van der Waals surface area contributed by atoms with E-state index in [1.54, 1.807) is 6.07 Å². The van der Waals surface area contributed by atoms with E-state index in [4.69, 9.17) is 5.26 Å². The zero-order valence-corrected chi connectivity index (χ0v) is 24.4. The van der Waals surface area contributed by atoms with E-state index in [9.17, 15) is 4.79 Å². The van der Waals surface area contributed by atoms with E-state index >= 15 is 0 Å². The number of aromatic nitrogens is 1. The second kappa shape index (κ2) is 13.7. The summed E-state index contributed by atoms with van der Waals surface area (Å²) in [6, 6.07) is 35.9. The largest absolute Gasteiger partial charge is 0.321 e. The first-order valence-electron chi connectivity index (χ1n) is 14.9. The van der Waals surface area contributed by atoms with Gasteiger partial charge in [-0.25, -0.2) is 0 Å². The van der Waals surface area contributed by atoms with Gasteiger partial charge in [-0.05, 0) is 102 Å². The third kappa shape index (κ3) is 6.87. The Hall–Kier alpha value is -4.88. The zero-order valence-electron chi connectivity index (χ0n) is 24.4. The highest BCUT2D eigenvalue weighted by Crippen LogP contribution is 2.35. The van der Waals surface area contributed by atoms with Crippen molar-refractivity contribution in [2.75, 3.05) is 4.90 Å². The molecule has 0 aliphatic carbocycles. The average Bonchev–Trinajstić information content (AvgIpc) is 3.03. The van der Waals surface area contributed by atoms with Crippen LogP contribution in [0.15, 0.2) is 102 Å². The van der Waals surface area contributed by atoms with Crippen LogP contribution in [0.25, 0.3) is 23.1 Å². The molecule has 0 saturated carbocycles. The van der Waals surface area contributed by atoms with Crippen LogP contribution in [0.2, 0.25) is 0 Å². The van der Waals surface area contributed by atoms with Gasteiger partial charge in [-0.3, -0.25) is 4.79 Å². The molecule has 42 heavy (non-hydrogen) atoms.